The van der Waals surface area contributed by atoms with Gasteiger partial charge in [0.05, 0.1) is 29.9 Å². The molecule has 0 aliphatic carbocycles. The van der Waals surface area contributed by atoms with Crippen molar-refractivity contribution in [2.24, 2.45) is 0 Å². The Morgan fingerprint density at radius 2 is 1.64 bits per heavy atom. The Morgan fingerprint density at radius 3 is 2.20 bits per heavy atom. The van der Waals surface area contributed by atoms with Gasteiger partial charge in [0, 0.05) is 12.1 Å². The fourth-order valence-corrected chi connectivity index (χ4v) is 5.99. The zero-order valence-electron chi connectivity index (χ0n) is 14.2. The van der Waals surface area contributed by atoms with Crippen LogP contribution in [0.4, 0.5) is 0 Å². The number of aromatic nitrogens is 3. The van der Waals surface area contributed by atoms with Crippen molar-refractivity contribution in [3.05, 3.63) is 36.7 Å². The Labute approximate surface area is 147 Å². The Balaban J connectivity index is 1.57. The molecule has 2 atom stereocenters. The molecule has 4 rings (SSSR count). The highest BCUT2D eigenvalue weighted by Gasteiger charge is 2.47. The van der Waals surface area contributed by atoms with Gasteiger partial charge < -0.3 is 4.74 Å². The van der Waals surface area contributed by atoms with E-state index in [-0.39, 0.29) is 18.1 Å². The SMILES string of the molecule is CCOc1ccc(S(=O)(=O)N2C3CCC2CC(n2nccn2)C3)cc1. The van der Waals surface area contributed by atoms with Crippen molar-refractivity contribution in [2.45, 2.75) is 55.6 Å². The van der Waals surface area contributed by atoms with Crippen LogP contribution in [0.25, 0.3) is 0 Å². The summed E-state index contributed by atoms with van der Waals surface area (Å²) in [5.74, 6) is 0.688. The molecule has 2 aliphatic heterocycles. The number of fused-ring (bicyclic) bond motifs is 2. The normalized spacial score (nSPS) is 26.7. The van der Waals surface area contributed by atoms with Gasteiger partial charge >= 0.3 is 0 Å². The molecule has 2 fully saturated rings. The molecule has 7 nitrogen and oxygen atoms in total. The average molecular weight is 362 g/mol. The summed E-state index contributed by atoms with van der Waals surface area (Å²) in [7, 11) is -3.49. The maximum absolute atomic E-state index is 13.2. The Kier molecular flexibility index (Phi) is 4.24. The number of nitrogens with zero attached hydrogens (tertiary/aromatic N) is 4. The second-order valence-electron chi connectivity index (χ2n) is 6.60. The third-order valence-electron chi connectivity index (χ3n) is 5.11. The third kappa shape index (κ3) is 2.93. The molecule has 25 heavy (non-hydrogen) atoms. The van der Waals surface area contributed by atoms with Crippen LogP contribution in [0.15, 0.2) is 41.6 Å². The lowest BCUT2D eigenvalue weighted by molar-refractivity contribution is 0.174. The van der Waals surface area contributed by atoms with Crippen molar-refractivity contribution in [1.29, 1.82) is 0 Å². The van der Waals surface area contributed by atoms with E-state index in [9.17, 15) is 8.42 Å². The number of piperidine rings is 1. The maximum atomic E-state index is 13.2. The first-order valence-electron chi connectivity index (χ1n) is 8.72. The summed E-state index contributed by atoms with van der Waals surface area (Å²) in [4.78, 5) is 2.06. The van der Waals surface area contributed by atoms with Crippen molar-refractivity contribution < 1.29 is 13.2 Å². The highest BCUT2D eigenvalue weighted by atomic mass is 32.2. The minimum atomic E-state index is -3.49. The van der Waals surface area contributed by atoms with Gasteiger partial charge in [0.2, 0.25) is 10.0 Å². The van der Waals surface area contributed by atoms with Gasteiger partial charge in [-0.1, -0.05) is 0 Å². The lowest BCUT2D eigenvalue weighted by atomic mass is 10.0. The predicted octanol–water partition coefficient (Wildman–Crippen LogP) is 2.23. The van der Waals surface area contributed by atoms with Gasteiger partial charge in [-0.2, -0.15) is 19.3 Å². The molecular weight excluding hydrogens is 340 g/mol. The number of benzene rings is 1. The van der Waals surface area contributed by atoms with Gasteiger partial charge in [-0.25, -0.2) is 8.42 Å². The Hall–Kier alpha value is -1.93. The quantitative estimate of drug-likeness (QED) is 0.815. The first kappa shape index (κ1) is 16.5. The first-order chi connectivity index (χ1) is 12.1. The molecule has 134 valence electrons. The molecule has 0 saturated carbocycles. The molecule has 2 saturated heterocycles. The van der Waals surface area contributed by atoms with Crippen LogP contribution >= 0.6 is 0 Å². The van der Waals surface area contributed by atoms with E-state index in [2.05, 4.69) is 10.2 Å². The van der Waals surface area contributed by atoms with E-state index in [1.807, 2.05) is 6.92 Å². The topological polar surface area (TPSA) is 77.3 Å². The lowest BCUT2D eigenvalue weighted by Gasteiger charge is -2.37. The van der Waals surface area contributed by atoms with E-state index in [0.717, 1.165) is 25.7 Å². The van der Waals surface area contributed by atoms with Crippen molar-refractivity contribution in [1.82, 2.24) is 19.3 Å². The van der Waals surface area contributed by atoms with Crippen LogP contribution in [0.1, 0.15) is 38.6 Å². The molecule has 0 amide bonds. The van der Waals surface area contributed by atoms with Gasteiger partial charge in [0.25, 0.3) is 0 Å². The van der Waals surface area contributed by atoms with Crippen LogP contribution < -0.4 is 4.74 Å². The predicted molar refractivity (Wildman–Crippen MR) is 91.7 cm³/mol. The second kappa shape index (κ2) is 6.42. The van der Waals surface area contributed by atoms with E-state index in [1.165, 1.54) is 0 Å². The molecule has 0 N–H and O–H groups in total. The smallest absolute Gasteiger partial charge is 0.243 e. The molecule has 0 spiro atoms. The number of sulfonamides is 1. The van der Waals surface area contributed by atoms with Gasteiger partial charge in [0.1, 0.15) is 5.75 Å². The van der Waals surface area contributed by atoms with Crippen molar-refractivity contribution in [3.63, 3.8) is 0 Å². The van der Waals surface area contributed by atoms with Gasteiger partial charge in [0.15, 0.2) is 0 Å². The zero-order valence-corrected chi connectivity index (χ0v) is 15.0. The lowest BCUT2D eigenvalue weighted by Crippen LogP contribution is -2.47. The largest absolute Gasteiger partial charge is 0.494 e. The summed E-state index contributed by atoms with van der Waals surface area (Å²) >= 11 is 0. The molecule has 3 heterocycles. The second-order valence-corrected chi connectivity index (χ2v) is 8.44. The van der Waals surface area contributed by atoms with E-state index in [0.29, 0.717) is 17.3 Å². The molecule has 8 heteroatoms. The molecular formula is C17H22N4O3S. The summed E-state index contributed by atoms with van der Waals surface area (Å²) < 4.78 is 33.4. The van der Waals surface area contributed by atoms with Gasteiger partial charge in [-0.05, 0) is 56.9 Å². The molecule has 1 aromatic carbocycles. The number of hydrogen-bond donors (Lipinski definition) is 0. The van der Waals surface area contributed by atoms with Crippen LogP contribution in [0, 0.1) is 0 Å². The van der Waals surface area contributed by atoms with E-state index < -0.39 is 10.0 Å². The Morgan fingerprint density at radius 1 is 1.04 bits per heavy atom. The summed E-state index contributed by atoms with van der Waals surface area (Å²) in [5.41, 5.74) is 0. The van der Waals surface area contributed by atoms with Crippen LogP contribution in [-0.2, 0) is 10.0 Å². The summed E-state index contributed by atoms with van der Waals surface area (Å²) in [6.07, 6.45) is 6.68. The average Bonchev–Trinajstić information content (AvgIpc) is 3.23. The van der Waals surface area contributed by atoms with Crippen LogP contribution in [0.2, 0.25) is 0 Å². The van der Waals surface area contributed by atoms with E-state index in [1.54, 1.807) is 45.8 Å². The fourth-order valence-electron chi connectivity index (χ4n) is 4.10. The third-order valence-corrected chi connectivity index (χ3v) is 7.13. The fraction of sp³-hybridized carbons (Fsp3) is 0.529. The van der Waals surface area contributed by atoms with Crippen LogP contribution in [-0.4, -0.2) is 46.4 Å². The van der Waals surface area contributed by atoms with E-state index in [4.69, 9.17) is 4.74 Å². The van der Waals surface area contributed by atoms with Crippen molar-refractivity contribution in [2.75, 3.05) is 6.61 Å². The number of rotatable bonds is 5. The molecule has 1 aromatic heterocycles. The maximum Gasteiger partial charge on any atom is 0.243 e. The molecule has 2 aliphatic rings. The minimum Gasteiger partial charge on any atom is -0.494 e. The zero-order chi connectivity index (χ0) is 17.4. The highest BCUT2D eigenvalue weighted by Crippen LogP contribution is 2.43. The summed E-state index contributed by atoms with van der Waals surface area (Å²) in [6.45, 7) is 2.46. The Bertz CT molecular complexity index is 806. The van der Waals surface area contributed by atoms with Gasteiger partial charge in [-0.15, -0.1) is 0 Å². The molecule has 2 aromatic rings. The van der Waals surface area contributed by atoms with Gasteiger partial charge in [-0.3, -0.25) is 0 Å². The summed E-state index contributed by atoms with van der Waals surface area (Å²) in [5, 5.41) is 8.47. The molecule has 2 bridgehead atoms. The van der Waals surface area contributed by atoms with E-state index >= 15 is 0 Å². The molecule has 0 radical (unpaired) electrons. The monoisotopic (exact) mass is 362 g/mol. The van der Waals surface area contributed by atoms with Crippen LogP contribution in [0.3, 0.4) is 0 Å². The number of ether oxygens (including phenoxy) is 1. The standard InChI is InChI=1S/C17H22N4O3S/c1-2-24-16-5-7-17(8-6-16)25(22,23)20-13-3-4-14(20)12-15(11-13)21-18-9-10-19-21/h5-10,13-15H,2-4,11-12H2,1H3. The minimum absolute atomic E-state index is 0.0197. The molecule has 2 unspecified atom stereocenters. The van der Waals surface area contributed by atoms with Crippen molar-refractivity contribution >= 4 is 10.0 Å². The summed E-state index contributed by atoms with van der Waals surface area (Å²) in [6, 6.07) is 6.94. The number of hydrogen-bond acceptors (Lipinski definition) is 5. The first-order valence-corrected chi connectivity index (χ1v) is 10.2. The van der Waals surface area contributed by atoms with Crippen molar-refractivity contribution in [3.8, 4) is 5.75 Å². The van der Waals surface area contributed by atoms with Crippen LogP contribution in [0.5, 0.6) is 5.75 Å². The highest BCUT2D eigenvalue weighted by molar-refractivity contribution is 7.89.